The average molecular weight is 352 g/mol. The molecule has 25 heavy (non-hydrogen) atoms. The molecule has 0 atom stereocenters. The maximum absolute atomic E-state index is 12.8. The SMILES string of the molecule is COC(=O)CC1CN(c2cc(-c3ccnc(C(F)(F)F)c3)cnn2)C1. The highest BCUT2D eigenvalue weighted by molar-refractivity contribution is 5.70. The molecule has 9 heteroatoms. The van der Waals surface area contributed by atoms with Crippen LogP contribution in [0.25, 0.3) is 11.1 Å². The van der Waals surface area contributed by atoms with Crippen LogP contribution in [-0.4, -0.2) is 41.3 Å². The van der Waals surface area contributed by atoms with E-state index >= 15 is 0 Å². The lowest BCUT2D eigenvalue weighted by Crippen LogP contribution is -2.48. The van der Waals surface area contributed by atoms with Crippen LogP contribution in [0.15, 0.2) is 30.6 Å². The van der Waals surface area contributed by atoms with Crippen LogP contribution in [0.4, 0.5) is 19.0 Å². The van der Waals surface area contributed by atoms with Crippen LogP contribution in [0, 0.1) is 5.92 Å². The van der Waals surface area contributed by atoms with Gasteiger partial charge in [0.25, 0.3) is 0 Å². The van der Waals surface area contributed by atoms with Crippen LogP contribution in [0.2, 0.25) is 0 Å². The highest BCUT2D eigenvalue weighted by Gasteiger charge is 2.33. The Morgan fingerprint density at radius 1 is 1.32 bits per heavy atom. The van der Waals surface area contributed by atoms with E-state index in [2.05, 4.69) is 19.9 Å². The lowest BCUT2D eigenvalue weighted by Gasteiger charge is -2.39. The number of anilines is 1. The van der Waals surface area contributed by atoms with Crippen molar-refractivity contribution in [1.82, 2.24) is 15.2 Å². The molecule has 2 aromatic heterocycles. The number of methoxy groups -OCH3 is 1. The van der Waals surface area contributed by atoms with Crippen LogP contribution in [-0.2, 0) is 15.7 Å². The maximum atomic E-state index is 12.8. The third-order valence-electron chi connectivity index (χ3n) is 3.99. The maximum Gasteiger partial charge on any atom is 0.433 e. The fraction of sp³-hybridized carbons (Fsp3) is 0.375. The number of hydrogen-bond acceptors (Lipinski definition) is 6. The zero-order chi connectivity index (χ0) is 18.0. The fourth-order valence-electron chi connectivity index (χ4n) is 2.64. The van der Waals surface area contributed by atoms with E-state index in [1.807, 2.05) is 4.90 Å². The summed E-state index contributed by atoms with van der Waals surface area (Å²) in [4.78, 5) is 16.5. The van der Waals surface area contributed by atoms with Crippen molar-refractivity contribution in [2.75, 3.05) is 25.1 Å². The lowest BCUT2D eigenvalue weighted by molar-refractivity contribution is -0.142. The van der Waals surface area contributed by atoms with E-state index in [9.17, 15) is 18.0 Å². The summed E-state index contributed by atoms with van der Waals surface area (Å²) in [5.41, 5.74) is -0.0649. The van der Waals surface area contributed by atoms with Gasteiger partial charge in [0.05, 0.1) is 19.7 Å². The first kappa shape index (κ1) is 17.1. The van der Waals surface area contributed by atoms with Crippen molar-refractivity contribution in [2.45, 2.75) is 12.6 Å². The Balaban J connectivity index is 1.74. The van der Waals surface area contributed by atoms with Crippen molar-refractivity contribution in [1.29, 1.82) is 0 Å². The molecule has 0 spiro atoms. The minimum absolute atomic E-state index is 0.177. The number of aromatic nitrogens is 3. The van der Waals surface area contributed by atoms with Gasteiger partial charge in [-0.25, -0.2) is 0 Å². The van der Waals surface area contributed by atoms with Gasteiger partial charge in [0.2, 0.25) is 0 Å². The third-order valence-corrected chi connectivity index (χ3v) is 3.99. The summed E-state index contributed by atoms with van der Waals surface area (Å²) >= 11 is 0. The number of ether oxygens (including phenoxy) is 1. The largest absolute Gasteiger partial charge is 0.469 e. The molecular formula is C16H15F3N4O2. The number of pyridine rings is 1. The number of rotatable bonds is 4. The first-order valence-corrected chi connectivity index (χ1v) is 7.55. The van der Waals surface area contributed by atoms with E-state index in [1.54, 1.807) is 6.07 Å². The summed E-state index contributed by atoms with van der Waals surface area (Å²) in [5, 5.41) is 7.89. The van der Waals surface area contributed by atoms with Crippen LogP contribution < -0.4 is 4.90 Å². The molecule has 0 N–H and O–H groups in total. The number of nitrogens with zero attached hydrogens (tertiary/aromatic N) is 4. The second-order valence-electron chi connectivity index (χ2n) is 5.78. The first-order valence-electron chi connectivity index (χ1n) is 7.55. The topological polar surface area (TPSA) is 68.2 Å². The molecule has 0 saturated carbocycles. The number of alkyl halides is 3. The third kappa shape index (κ3) is 3.86. The first-order chi connectivity index (χ1) is 11.9. The van der Waals surface area contributed by atoms with Crippen molar-refractivity contribution in [3.63, 3.8) is 0 Å². The molecule has 3 rings (SSSR count). The van der Waals surface area contributed by atoms with E-state index in [1.165, 1.54) is 19.4 Å². The van der Waals surface area contributed by atoms with Gasteiger partial charge in [-0.3, -0.25) is 9.78 Å². The van der Waals surface area contributed by atoms with Crippen molar-refractivity contribution < 1.29 is 22.7 Å². The molecule has 3 heterocycles. The molecular weight excluding hydrogens is 337 g/mol. The average Bonchev–Trinajstić information content (AvgIpc) is 2.57. The second kappa shape index (κ2) is 6.66. The summed E-state index contributed by atoms with van der Waals surface area (Å²) in [7, 11) is 1.34. The van der Waals surface area contributed by atoms with E-state index in [0.717, 1.165) is 12.3 Å². The highest BCUT2D eigenvalue weighted by Crippen LogP contribution is 2.32. The standard InChI is InChI=1S/C16H15F3N4O2/c1-25-15(24)4-10-8-23(9-10)14-6-12(7-21-22-14)11-2-3-20-13(5-11)16(17,18)19/h2-3,5-7,10H,4,8-9H2,1H3. The fourth-order valence-corrected chi connectivity index (χ4v) is 2.64. The molecule has 1 aliphatic heterocycles. The zero-order valence-corrected chi connectivity index (χ0v) is 13.3. The van der Waals surface area contributed by atoms with Gasteiger partial charge in [-0.1, -0.05) is 0 Å². The predicted octanol–water partition coefficient (Wildman–Crippen LogP) is 2.56. The summed E-state index contributed by atoms with van der Waals surface area (Å²) in [6.07, 6.45) is -1.64. The molecule has 0 aliphatic carbocycles. The molecule has 0 unspecified atom stereocenters. The van der Waals surface area contributed by atoms with E-state index in [4.69, 9.17) is 0 Å². The molecule has 1 saturated heterocycles. The minimum Gasteiger partial charge on any atom is -0.469 e. The quantitative estimate of drug-likeness (QED) is 0.788. The number of hydrogen-bond donors (Lipinski definition) is 0. The molecule has 2 aromatic rings. The molecule has 1 fully saturated rings. The van der Waals surface area contributed by atoms with Gasteiger partial charge in [-0.2, -0.15) is 18.3 Å². The Hall–Kier alpha value is -2.71. The van der Waals surface area contributed by atoms with Crippen molar-refractivity contribution in [3.8, 4) is 11.1 Å². The summed E-state index contributed by atoms with van der Waals surface area (Å²) < 4.78 is 43.0. The summed E-state index contributed by atoms with van der Waals surface area (Å²) in [6.45, 7) is 1.24. The number of halogens is 3. The number of esters is 1. The molecule has 0 bridgehead atoms. The lowest BCUT2D eigenvalue weighted by atomic mass is 9.96. The Kier molecular flexibility index (Phi) is 4.56. The molecule has 132 valence electrons. The van der Waals surface area contributed by atoms with Gasteiger partial charge in [0.15, 0.2) is 5.82 Å². The molecule has 6 nitrogen and oxygen atoms in total. The van der Waals surface area contributed by atoms with E-state index < -0.39 is 11.9 Å². The monoisotopic (exact) mass is 352 g/mol. The number of carbonyl (C=O) groups is 1. The molecule has 1 aliphatic rings. The summed E-state index contributed by atoms with van der Waals surface area (Å²) in [5.74, 6) is 0.473. The van der Waals surface area contributed by atoms with Gasteiger partial charge >= 0.3 is 12.1 Å². The van der Waals surface area contributed by atoms with Gasteiger partial charge < -0.3 is 9.64 Å². The van der Waals surface area contributed by atoms with E-state index in [0.29, 0.717) is 36.5 Å². The van der Waals surface area contributed by atoms with Crippen LogP contribution >= 0.6 is 0 Å². The molecule has 0 aromatic carbocycles. The normalized spacial score (nSPS) is 15.0. The summed E-state index contributed by atoms with van der Waals surface area (Å²) in [6, 6.07) is 4.15. The smallest absolute Gasteiger partial charge is 0.433 e. The Bertz CT molecular complexity index is 776. The van der Waals surface area contributed by atoms with Crippen molar-refractivity contribution in [2.24, 2.45) is 5.92 Å². The number of carbonyl (C=O) groups excluding carboxylic acids is 1. The van der Waals surface area contributed by atoms with Crippen molar-refractivity contribution >= 4 is 11.8 Å². The van der Waals surface area contributed by atoms with Gasteiger partial charge in [-0.15, -0.1) is 5.10 Å². The van der Waals surface area contributed by atoms with Gasteiger partial charge in [0.1, 0.15) is 5.69 Å². The second-order valence-corrected chi connectivity index (χ2v) is 5.78. The van der Waals surface area contributed by atoms with Crippen LogP contribution in [0.1, 0.15) is 12.1 Å². The Morgan fingerprint density at radius 2 is 2.08 bits per heavy atom. The van der Waals surface area contributed by atoms with Gasteiger partial charge in [0, 0.05) is 30.8 Å². The zero-order valence-electron chi connectivity index (χ0n) is 13.3. The van der Waals surface area contributed by atoms with Gasteiger partial charge in [-0.05, 0) is 23.8 Å². The Labute approximate surface area is 141 Å². The molecule has 0 radical (unpaired) electrons. The Morgan fingerprint density at radius 3 is 2.76 bits per heavy atom. The van der Waals surface area contributed by atoms with Crippen LogP contribution in [0.3, 0.4) is 0 Å². The molecule has 0 amide bonds. The predicted molar refractivity (Wildman–Crippen MR) is 82.6 cm³/mol. The van der Waals surface area contributed by atoms with Crippen molar-refractivity contribution in [3.05, 3.63) is 36.3 Å². The highest BCUT2D eigenvalue weighted by atomic mass is 19.4. The van der Waals surface area contributed by atoms with E-state index in [-0.39, 0.29) is 11.9 Å². The van der Waals surface area contributed by atoms with Crippen LogP contribution in [0.5, 0.6) is 0 Å². The minimum atomic E-state index is -4.50.